The van der Waals surface area contributed by atoms with Gasteiger partial charge in [-0.1, -0.05) is 24.3 Å². The summed E-state index contributed by atoms with van der Waals surface area (Å²) < 4.78 is 4.07. The average Bonchev–Trinajstić information content (AvgIpc) is 2.98. The highest BCUT2D eigenvalue weighted by Crippen LogP contribution is 2.40. The molecule has 0 fully saturated rings. The molecule has 0 spiro atoms. The van der Waals surface area contributed by atoms with Gasteiger partial charge in [0.1, 0.15) is 0 Å². The van der Waals surface area contributed by atoms with Crippen molar-refractivity contribution in [2.75, 3.05) is 0 Å². The molecule has 4 aromatic rings. The van der Waals surface area contributed by atoms with Crippen molar-refractivity contribution >= 4 is 58.8 Å². The van der Waals surface area contributed by atoms with E-state index in [0.717, 1.165) is 0 Å². The van der Waals surface area contributed by atoms with Crippen LogP contribution in [0, 0.1) is 20.9 Å². The Labute approximate surface area is 125 Å². The zero-order chi connectivity index (χ0) is 12.6. The molecular formula is C16H7BrS2. The Kier molecular flexibility index (Phi) is 1.94. The molecule has 0 nitrogen and oxygen atoms in total. The first-order valence-electron chi connectivity index (χ1n) is 6.06. The van der Waals surface area contributed by atoms with Gasteiger partial charge in [0.25, 0.3) is 0 Å². The maximum atomic E-state index is 3.64. The third-order valence-corrected chi connectivity index (χ3v) is 6.43. The summed E-state index contributed by atoms with van der Waals surface area (Å²) in [4.78, 5) is 0. The van der Waals surface area contributed by atoms with Crippen LogP contribution in [-0.4, -0.2) is 0 Å². The van der Waals surface area contributed by atoms with E-state index in [0.29, 0.717) is 0 Å². The molecule has 0 unspecified atom stereocenters. The molecule has 2 heterocycles. The van der Waals surface area contributed by atoms with E-state index in [1.165, 1.54) is 44.8 Å². The lowest BCUT2D eigenvalue weighted by Gasteiger charge is -2.07. The van der Waals surface area contributed by atoms with Crippen molar-refractivity contribution in [1.29, 1.82) is 0 Å². The topological polar surface area (TPSA) is 0 Å². The van der Waals surface area contributed by atoms with E-state index in [4.69, 9.17) is 0 Å². The molecule has 3 heteroatoms. The Hall–Kier alpha value is -1.16. The van der Waals surface area contributed by atoms with Crippen molar-refractivity contribution in [1.82, 2.24) is 0 Å². The molecule has 5 rings (SSSR count). The molecule has 19 heavy (non-hydrogen) atoms. The summed E-state index contributed by atoms with van der Waals surface area (Å²) in [7, 11) is 0. The summed E-state index contributed by atoms with van der Waals surface area (Å²) >= 11 is 7.34. The van der Waals surface area contributed by atoms with Crippen LogP contribution in [0.15, 0.2) is 45.6 Å². The van der Waals surface area contributed by atoms with Crippen LogP contribution >= 0.6 is 38.6 Å². The number of hydrogen-bond donors (Lipinski definition) is 0. The van der Waals surface area contributed by atoms with Gasteiger partial charge in [-0.25, -0.2) is 0 Å². The molecule has 0 radical (unpaired) electrons. The minimum Gasteiger partial charge on any atom is -0.143 e. The molecule has 0 N–H and O–H groups in total. The number of halogens is 1. The first-order chi connectivity index (χ1) is 9.34. The smallest absolute Gasteiger partial charge is 0.0711 e. The summed E-state index contributed by atoms with van der Waals surface area (Å²) in [5.41, 5.74) is 0. The Balaban J connectivity index is 2.31. The van der Waals surface area contributed by atoms with Crippen LogP contribution in [0.5, 0.6) is 0 Å². The van der Waals surface area contributed by atoms with Gasteiger partial charge in [0.2, 0.25) is 0 Å². The zero-order valence-electron chi connectivity index (χ0n) is 9.74. The van der Waals surface area contributed by atoms with Crippen molar-refractivity contribution in [3.8, 4) is 0 Å². The van der Waals surface area contributed by atoms with Crippen molar-refractivity contribution in [3.63, 3.8) is 0 Å². The predicted octanol–water partition coefficient (Wildman–Crippen LogP) is 5.77. The quantitative estimate of drug-likeness (QED) is 0.335. The Morgan fingerprint density at radius 3 is 2.47 bits per heavy atom. The second-order valence-electron chi connectivity index (χ2n) is 4.75. The number of benzene rings is 2. The van der Waals surface area contributed by atoms with Gasteiger partial charge in [0, 0.05) is 30.6 Å². The Morgan fingerprint density at radius 2 is 1.63 bits per heavy atom. The number of rotatable bonds is 0. The molecule has 0 saturated heterocycles. The van der Waals surface area contributed by atoms with Crippen molar-refractivity contribution in [2.45, 2.75) is 0 Å². The fraction of sp³-hybridized carbons (Fsp3) is 0. The molecule has 0 amide bonds. The molecular weight excluding hydrogens is 336 g/mol. The summed E-state index contributed by atoms with van der Waals surface area (Å²) in [6.07, 6.45) is 0. The third kappa shape index (κ3) is 1.19. The van der Waals surface area contributed by atoms with Crippen molar-refractivity contribution in [2.24, 2.45) is 0 Å². The van der Waals surface area contributed by atoms with Crippen LogP contribution in [0.3, 0.4) is 0 Å². The summed E-state index contributed by atoms with van der Waals surface area (Å²) in [5, 5.41) is 10.7. The highest BCUT2D eigenvalue weighted by atomic mass is 79.9. The van der Waals surface area contributed by atoms with Crippen LogP contribution < -0.4 is 0 Å². The fourth-order valence-electron chi connectivity index (χ4n) is 3.07. The van der Waals surface area contributed by atoms with Crippen LogP contribution in [0.4, 0.5) is 0 Å². The minimum absolute atomic E-state index is 1.22. The van der Waals surface area contributed by atoms with Crippen molar-refractivity contribution < 1.29 is 0 Å². The van der Waals surface area contributed by atoms with Gasteiger partial charge in [0.05, 0.1) is 3.79 Å². The lowest BCUT2D eigenvalue weighted by Crippen LogP contribution is -1.91. The van der Waals surface area contributed by atoms with Crippen LogP contribution in [0.1, 0.15) is 0 Å². The van der Waals surface area contributed by atoms with E-state index in [-0.39, 0.29) is 0 Å². The van der Waals surface area contributed by atoms with Gasteiger partial charge in [-0.15, -0.1) is 22.7 Å². The SMILES string of the molecule is Brc1cc2c(s1)c1c(c3ccsc32)=c2ccccc2=1. The second-order valence-corrected chi connectivity index (χ2v) is 8.10. The zero-order valence-corrected chi connectivity index (χ0v) is 13.0. The van der Waals surface area contributed by atoms with E-state index in [2.05, 4.69) is 57.7 Å². The lowest BCUT2D eigenvalue weighted by molar-refractivity contribution is 1.35. The van der Waals surface area contributed by atoms with Crippen LogP contribution in [-0.2, 0) is 0 Å². The van der Waals surface area contributed by atoms with Gasteiger partial charge in [0.15, 0.2) is 0 Å². The minimum atomic E-state index is 1.22. The highest BCUT2D eigenvalue weighted by molar-refractivity contribution is 9.11. The first-order valence-corrected chi connectivity index (χ1v) is 8.55. The van der Waals surface area contributed by atoms with Gasteiger partial charge < -0.3 is 0 Å². The van der Waals surface area contributed by atoms with Crippen molar-refractivity contribution in [3.05, 3.63) is 66.4 Å². The predicted molar refractivity (Wildman–Crippen MR) is 86.7 cm³/mol. The van der Waals surface area contributed by atoms with Gasteiger partial charge in [-0.3, -0.25) is 0 Å². The summed E-state index contributed by atoms with van der Waals surface area (Å²) in [6, 6.07) is 13.3. The van der Waals surface area contributed by atoms with E-state index in [1.807, 2.05) is 22.7 Å². The molecule has 0 saturated carbocycles. The maximum Gasteiger partial charge on any atom is 0.0711 e. The summed E-state index contributed by atoms with van der Waals surface area (Å²) in [6.45, 7) is 0. The Morgan fingerprint density at radius 1 is 0.842 bits per heavy atom. The van der Waals surface area contributed by atoms with Crippen LogP contribution in [0.2, 0.25) is 0 Å². The number of thiophene rings is 2. The largest absolute Gasteiger partial charge is 0.143 e. The molecule has 2 aromatic carbocycles. The van der Waals surface area contributed by atoms with E-state index in [9.17, 15) is 0 Å². The van der Waals surface area contributed by atoms with Crippen LogP contribution in [0.25, 0.3) is 20.2 Å². The van der Waals surface area contributed by atoms with E-state index in [1.54, 1.807) is 0 Å². The number of fused-ring (bicyclic) bond motifs is 7. The van der Waals surface area contributed by atoms with E-state index >= 15 is 0 Å². The van der Waals surface area contributed by atoms with E-state index < -0.39 is 0 Å². The average molecular weight is 343 g/mol. The second kappa shape index (κ2) is 3.48. The normalized spacial score (nSPS) is 12.5. The molecule has 2 aromatic heterocycles. The highest BCUT2D eigenvalue weighted by Gasteiger charge is 2.14. The van der Waals surface area contributed by atoms with Gasteiger partial charge in [-0.2, -0.15) is 0 Å². The molecule has 0 atom stereocenters. The lowest BCUT2D eigenvalue weighted by atomic mass is 9.97. The maximum absolute atomic E-state index is 3.64. The molecule has 1 aliphatic rings. The summed E-state index contributed by atoms with van der Waals surface area (Å²) in [5.74, 6) is 0. The molecule has 0 aliphatic heterocycles. The molecule has 1 aliphatic carbocycles. The Bertz CT molecular complexity index is 1170. The monoisotopic (exact) mass is 342 g/mol. The fourth-order valence-corrected chi connectivity index (χ4v) is 5.73. The molecule has 90 valence electrons. The number of hydrogen-bond acceptors (Lipinski definition) is 2. The standard InChI is InChI=1S/C16H7BrS2/c17-12-7-11-15-10(5-6-18-15)13-8-3-1-2-4-9(8)14(13)16(11)19-12/h1-7H. The van der Waals surface area contributed by atoms with Gasteiger partial charge >= 0.3 is 0 Å². The van der Waals surface area contributed by atoms with Gasteiger partial charge in [-0.05, 0) is 43.9 Å². The molecule has 0 bridgehead atoms. The first kappa shape index (κ1) is 10.6. The third-order valence-electron chi connectivity index (χ3n) is 3.82.